The first-order valence-corrected chi connectivity index (χ1v) is 6.63. The Balaban J connectivity index is 2.33. The summed E-state index contributed by atoms with van der Waals surface area (Å²) < 4.78 is 1.27. The van der Waals surface area contributed by atoms with Crippen LogP contribution in [0.15, 0.2) is 15.8 Å². The third-order valence-corrected chi connectivity index (χ3v) is 3.76. The van der Waals surface area contributed by atoms with Crippen molar-refractivity contribution in [1.82, 2.24) is 14.5 Å². The second-order valence-electron chi connectivity index (χ2n) is 5.74. The van der Waals surface area contributed by atoms with E-state index in [1.54, 1.807) is 0 Å². The monoisotopic (exact) mass is 281 g/mol. The molecule has 0 bridgehead atoms. The van der Waals surface area contributed by atoms with Crippen molar-refractivity contribution in [3.8, 4) is 0 Å². The summed E-state index contributed by atoms with van der Waals surface area (Å²) in [6.45, 7) is 6.29. The molecule has 0 aliphatic carbocycles. The van der Waals surface area contributed by atoms with Gasteiger partial charge in [0, 0.05) is 18.3 Å². The van der Waals surface area contributed by atoms with Gasteiger partial charge in [0.05, 0.1) is 0 Å². The summed E-state index contributed by atoms with van der Waals surface area (Å²) in [6.07, 6.45) is 3.38. The number of aromatic carboxylic acids is 1. The van der Waals surface area contributed by atoms with Crippen LogP contribution < -0.4 is 11.2 Å². The smallest absolute Gasteiger partial charge is 0.342 e. The fourth-order valence-corrected chi connectivity index (χ4v) is 2.62. The van der Waals surface area contributed by atoms with Crippen LogP contribution in [0.5, 0.6) is 0 Å². The van der Waals surface area contributed by atoms with Crippen molar-refractivity contribution in [3.63, 3.8) is 0 Å². The van der Waals surface area contributed by atoms with Gasteiger partial charge in [-0.2, -0.15) is 0 Å². The zero-order chi connectivity index (χ0) is 14.9. The summed E-state index contributed by atoms with van der Waals surface area (Å²) in [6, 6.07) is 0. The molecule has 1 fully saturated rings. The zero-order valence-electron chi connectivity index (χ0n) is 11.7. The van der Waals surface area contributed by atoms with Gasteiger partial charge in [0.1, 0.15) is 5.56 Å². The molecule has 110 valence electrons. The number of hydrogen-bond acceptors (Lipinski definition) is 4. The van der Waals surface area contributed by atoms with Crippen molar-refractivity contribution < 1.29 is 9.90 Å². The largest absolute Gasteiger partial charge is 0.477 e. The topological polar surface area (TPSA) is 95.4 Å². The standard InChI is InChI=1S/C13H19N3O4/c1-13(2,16-5-3-4-6-16)8-15-7-9(11(18)19)10(17)14-12(15)20/h7H,3-6,8H2,1-2H3,(H,18,19)(H,14,17,20). The number of hydrogen-bond donors (Lipinski definition) is 2. The van der Waals surface area contributed by atoms with Gasteiger partial charge in [0.25, 0.3) is 5.56 Å². The van der Waals surface area contributed by atoms with E-state index in [1.165, 1.54) is 4.57 Å². The molecule has 7 nitrogen and oxygen atoms in total. The van der Waals surface area contributed by atoms with E-state index in [2.05, 4.69) is 9.88 Å². The second kappa shape index (κ2) is 5.24. The summed E-state index contributed by atoms with van der Waals surface area (Å²) >= 11 is 0. The molecule has 2 rings (SSSR count). The molecule has 1 aromatic heterocycles. The highest BCUT2D eigenvalue weighted by Crippen LogP contribution is 2.22. The van der Waals surface area contributed by atoms with Gasteiger partial charge >= 0.3 is 11.7 Å². The van der Waals surface area contributed by atoms with Crippen molar-refractivity contribution in [1.29, 1.82) is 0 Å². The molecule has 0 aromatic carbocycles. The van der Waals surface area contributed by atoms with Gasteiger partial charge in [-0.1, -0.05) is 0 Å². The summed E-state index contributed by atoms with van der Waals surface area (Å²) in [7, 11) is 0. The lowest BCUT2D eigenvalue weighted by molar-refractivity contribution is 0.0692. The number of carboxylic acids is 1. The highest BCUT2D eigenvalue weighted by molar-refractivity contribution is 5.86. The first kappa shape index (κ1) is 14.5. The Hall–Kier alpha value is -1.89. The molecule has 0 radical (unpaired) electrons. The molecule has 0 spiro atoms. The van der Waals surface area contributed by atoms with E-state index < -0.39 is 22.8 Å². The number of rotatable bonds is 4. The van der Waals surface area contributed by atoms with Crippen LogP contribution in [0.4, 0.5) is 0 Å². The maximum Gasteiger partial charge on any atom is 0.342 e. The third-order valence-electron chi connectivity index (χ3n) is 3.76. The van der Waals surface area contributed by atoms with Crippen LogP contribution >= 0.6 is 0 Å². The molecule has 0 amide bonds. The number of nitrogens with one attached hydrogen (secondary N) is 1. The molecule has 2 N–H and O–H groups in total. The van der Waals surface area contributed by atoms with E-state index in [0.29, 0.717) is 6.54 Å². The van der Waals surface area contributed by atoms with Gasteiger partial charge in [-0.3, -0.25) is 19.2 Å². The predicted octanol–water partition coefficient (Wildman–Crippen LogP) is 0.109. The van der Waals surface area contributed by atoms with E-state index in [1.807, 2.05) is 13.8 Å². The van der Waals surface area contributed by atoms with Crippen LogP contribution in [0.25, 0.3) is 0 Å². The molecule has 20 heavy (non-hydrogen) atoms. The third kappa shape index (κ3) is 2.82. The lowest BCUT2D eigenvalue weighted by atomic mass is 10.0. The van der Waals surface area contributed by atoms with Crippen molar-refractivity contribution in [3.05, 3.63) is 32.6 Å². The number of carboxylic acid groups (broad SMARTS) is 1. The van der Waals surface area contributed by atoms with E-state index in [9.17, 15) is 14.4 Å². The Morgan fingerprint density at radius 1 is 1.35 bits per heavy atom. The minimum Gasteiger partial charge on any atom is -0.477 e. The van der Waals surface area contributed by atoms with Crippen molar-refractivity contribution >= 4 is 5.97 Å². The lowest BCUT2D eigenvalue weighted by Gasteiger charge is -2.35. The number of H-pyrrole nitrogens is 1. The average Bonchev–Trinajstić information content (AvgIpc) is 2.86. The molecule has 2 heterocycles. The maximum atomic E-state index is 11.8. The SMILES string of the molecule is CC(C)(Cn1cc(C(=O)O)c(=O)[nH]c1=O)N1CCCC1. The van der Waals surface area contributed by atoms with Gasteiger partial charge in [-0.15, -0.1) is 0 Å². The molecule has 0 atom stereocenters. The fourth-order valence-electron chi connectivity index (χ4n) is 2.62. The van der Waals surface area contributed by atoms with Gasteiger partial charge in [-0.25, -0.2) is 9.59 Å². The van der Waals surface area contributed by atoms with Crippen LogP contribution in [0.2, 0.25) is 0 Å². The predicted molar refractivity (Wildman–Crippen MR) is 73.2 cm³/mol. The van der Waals surface area contributed by atoms with E-state index in [4.69, 9.17) is 5.11 Å². The number of carbonyl (C=O) groups is 1. The summed E-state index contributed by atoms with van der Waals surface area (Å²) in [5.41, 5.74) is -2.12. The Kier molecular flexibility index (Phi) is 3.80. The summed E-state index contributed by atoms with van der Waals surface area (Å²) in [5, 5.41) is 8.95. The molecular weight excluding hydrogens is 262 g/mol. The number of aromatic amines is 1. The highest BCUT2D eigenvalue weighted by atomic mass is 16.4. The Morgan fingerprint density at radius 3 is 2.50 bits per heavy atom. The Morgan fingerprint density at radius 2 is 1.95 bits per heavy atom. The minimum absolute atomic E-state index is 0.270. The summed E-state index contributed by atoms with van der Waals surface area (Å²) in [4.78, 5) is 38.5. The van der Waals surface area contributed by atoms with E-state index >= 15 is 0 Å². The Bertz CT molecular complexity index is 623. The first-order valence-electron chi connectivity index (χ1n) is 6.63. The number of nitrogens with zero attached hydrogens (tertiary/aromatic N) is 2. The van der Waals surface area contributed by atoms with Crippen LogP contribution in [0.3, 0.4) is 0 Å². The zero-order valence-corrected chi connectivity index (χ0v) is 11.7. The van der Waals surface area contributed by atoms with Crippen LogP contribution in [-0.4, -0.2) is 44.2 Å². The Labute approximate surface area is 115 Å². The molecule has 1 aliphatic rings. The highest BCUT2D eigenvalue weighted by Gasteiger charge is 2.30. The van der Waals surface area contributed by atoms with E-state index in [-0.39, 0.29) is 5.54 Å². The van der Waals surface area contributed by atoms with Crippen LogP contribution in [-0.2, 0) is 6.54 Å². The number of aromatic nitrogens is 2. The van der Waals surface area contributed by atoms with Crippen molar-refractivity contribution in [2.24, 2.45) is 0 Å². The van der Waals surface area contributed by atoms with Gasteiger partial charge in [-0.05, 0) is 39.8 Å². The quantitative estimate of drug-likeness (QED) is 0.816. The second-order valence-corrected chi connectivity index (χ2v) is 5.74. The molecule has 7 heteroatoms. The lowest BCUT2D eigenvalue weighted by Crippen LogP contribution is -2.48. The number of likely N-dealkylation sites (tertiary alicyclic amines) is 1. The minimum atomic E-state index is -1.33. The molecular formula is C13H19N3O4. The van der Waals surface area contributed by atoms with Crippen molar-refractivity contribution in [2.45, 2.75) is 38.8 Å². The molecule has 1 aromatic rings. The molecule has 1 saturated heterocycles. The van der Waals surface area contributed by atoms with Crippen LogP contribution in [0, 0.1) is 0 Å². The normalized spacial score (nSPS) is 16.5. The average molecular weight is 281 g/mol. The van der Waals surface area contributed by atoms with Gasteiger partial charge < -0.3 is 5.11 Å². The first-order chi connectivity index (χ1) is 9.31. The van der Waals surface area contributed by atoms with Gasteiger partial charge in [0.15, 0.2) is 0 Å². The molecule has 0 saturated carbocycles. The summed E-state index contributed by atoms with van der Waals surface area (Å²) in [5.74, 6) is -1.33. The molecule has 0 unspecified atom stereocenters. The van der Waals surface area contributed by atoms with Gasteiger partial charge in [0.2, 0.25) is 0 Å². The maximum absolute atomic E-state index is 11.8. The fraction of sp³-hybridized carbons (Fsp3) is 0.615. The van der Waals surface area contributed by atoms with Crippen molar-refractivity contribution in [2.75, 3.05) is 13.1 Å². The van der Waals surface area contributed by atoms with Crippen LogP contribution in [0.1, 0.15) is 37.0 Å². The molecule has 1 aliphatic heterocycles. The van der Waals surface area contributed by atoms with E-state index in [0.717, 1.165) is 32.1 Å².